The summed E-state index contributed by atoms with van der Waals surface area (Å²) in [4.78, 5) is 46.0. The number of carbonyl (C=O) groups is 4. The number of rotatable bonds is 1. The van der Waals surface area contributed by atoms with Crippen LogP contribution in [-0.2, 0) is 28.7 Å². The maximum atomic E-state index is 11.7. The first-order valence-corrected chi connectivity index (χ1v) is 5.79. The van der Waals surface area contributed by atoms with Crippen LogP contribution in [0.2, 0.25) is 0 Å². The first kappa shape index (κ1) is 9.99. The van der Waals surface area contributed by atoms with Crippen molar-refractivity contribution in [3.05, 3.63) is 11.6 Å². The van der Waals surface area contributed by atoms with E-state index in [0.717, 1.165) is 5.57 Å². The maximum Gasteiger partial charge on any atom is 0.318 e. The summed E-state index contributed by atoms with van der Waals surface area (Å²) < 4.78 is 9.15. The number of hydrogen-bond acceptors (Lipinski definition) is 6. The number of esters is 4. The summed E-state index contributed by atoms with van der Waals surface area (Å²) in [5, 5.41) is 0. The van der Waals surface area contributed by atoms with Gasteiger partial charge in [0, 0.05) is 11.8 Å². The number of fused-ring (bicyclic) bond motifs is 3. The Bertz CT molecular complexity index is 559. The van der Waals surface area contributed by atoms with Gasteiger partial charge < -0.3 is 9.47 Å². The molecule has 0 bridgehead atoms. The van der Waals surface area contributed by atoms with Crippen LogP contribution in [0.4, 0.5) is 0 Å². The predicted molar refractivity (Wildman–Crippen MR) is 52.3 cm³/mol. The van der Waals surface area contributed by atoms with E-state index in [9.17, 15) is 19.2 Å². The van der Waals surface area contributed by atoms with Crippen molar-refractivity contribution in [1.29, 1.82) is 0 Å². The summed E-state index contributed by atoms with van der Waals surface area (Å²) in [6, 6.07) is 0. The fourth-order valence-electron chi connectivity index (χ4n) is 3.53. The van der Waals surface area contributed by atoms with Gasteiger partial charge in [0.25, 0.3) is 0 Å². The quantitative estimate of drug-likeness (QED) is 0.356. The highest BCUT2D eigenvalue weighted by Crippen LogP contribution is 2.61. The molecule has 92 valence electrons. The summed E-state index contributed by atoms with van der Waals surface area (Å²) >= 11 is 0. The lowest BCUT2D eigenvalue weighted by Crippen LogP contribution is -2.29. The molecular formula is C12H8O6. The maximum absolute atomic E-state index is 11.7. The molecule has 0 amide bonds. The molecule has 0 N–H and O–H groups in total. The van der Waals surface area contributed by atoms with Gasteiger partial charge in [0.2, 0.25) is 0 Å². The molecule has 2 saturated heterocycles. The monoisotopic (exact) mass is 248 g/mol. The van der Waals surface area contributed by atoms with Gasteiger partial charge in [-0.3, -0.25) is 19.2 Å². The van der Waals surface area contributed by atoms with Crippen LogP contribution in [0.5, 0.6) is 0 Å². The summed E-state index contributed by atoms with van der Waals surface area (Å²) in [6.45, 7) is 0. The van der Waals surface area contributed by atoms with Gasteiger partial charge in [-0.25, -0.2) is 0 Å². The third kappa shape index (κ3) is 1.03. The second kappa shape index (κ2) is 2.88. The zero-order valence-electron chi connectivity index (χ0n) is 9.12. The van der Waals surface area contributed by atoms with Crippen molar-refractivity contribution in [2.24, 2.45) is 29.6 Å². The Morgan fingerprint density at radius 2 is 1.61 bits per heavy atom. The van der Waals surface area contributed by atoms with Crippen molar-refractivity contribution in [3.63, 3.8) is 0 Å². The number of ether oxygens (including phenoxy) is 2. The van der Waals surface area contributed by atoms with Gasteiger partial charge >= 0.3 is 23.9 Å². The van der Waals surface area contributed by atoms with E-state index in [1.165, 1.54) is 0 Å². The largest absolute Gasteiger partial charge is 0.393 e. The lowest BCUT2D eigenvalue weighted by atomic mass is 9.79. The minimum atomic E-state index is -0.637. The highest BCUT2D eigenvalue weighted by atomic mass is 16.6. The topological polar surface area (TPSA) is 86.7 Å². The van der Waals surface area contributed by atoms with E-state index < -0.39 is 47.5 Å². The second-order valence-corrected chi connectivity index (χ2v) is 5.11. The van der Waals surface area contributed by atoms with E-state index in [0.29, 0.717) is 0 Å². The van der Waals surface area contributed by atoms with Crippen LogP contribution in [0, 0.1) is 29.6 Å². The molecule has 5 atom stereocenters. The van der Waals surface area contributed by atoms with Crippen LogP contribution in [0.25, 0.3) is 0 Å². The van der Waals surface area contributed by atoms with E-state index >= 15 is 0 Å². The first-order valence-electron chi connectivity index (χ1n) is 5.79. The lowest BCUT2D eigenvalue weighted by Gasteiger charge is -2.18. The van der Waals surface area contributed by atoms with Crippen molar-refractivity contribution >= 4 is 23.9 Å². The highest BCUT2D eigenvalue weighted by Gasteiger charge is 2.66. The molecule has 0 aromatic carbocycles. The molecule has 6 nitrogen and oxygen atoms in total. The SMILES string of the molecule is O=C1CC(C2C3=CC3C3C(=O)OC(=O)C32)C(=O)O1. The standard InChI is InChI=1S/C12H8O6/c13-6-2-5(10(14)17-6)7-3-1-4(3)8-9(7)12(16)18-11(8)15/h1,4-5,7-9H,2H2. The Balaban J connectivity index is 1.72. The Morgan fingerprint density at radius 1 is 0.889 bits per heavy atom. The molecular weight excluding hydrogens is 240 g/mol. The van der Waals surface area contributed by atoms with Crippen molar-refractivity contribution in [1.82, 2.24) is 0 Å². The molecule has 6 heteroatoms. The minimum absolute atomic E-state index is 0.0156. The summed E-state index contributed by atoms with van der Waals surface area (Å²) in [6.07, 6.45) is 1.86. The van der Waals surface area contributed by atoms with Crippen molar-refractivity contribution in [3.8, 4) is 0 Å². The van der Waals surface area contributed by atoms with Crippen LogP contribution in [0.3, 0.4) is 0 Å². The molecule has 0 aromatic rings. The molecule has 18 heavy (non-hydrogen) atoms. The van der Waals surface area contributed by atoms with Gasteiger partial charge in [0.15, 0.2) is 0 Å². The molecule has 0 radical (unpaired) electrons. The van der Waals surface area contributed by atoms with Crippen LogP contribution < -0.4 is 0 Å². The van der Waals surface area contributed by atoms with E-state index in [2.05, 4.69) is 9.47 Å². The zero-order chi connectivity index (χ0) is 12.6. The smallest absolute Gasteiger partial charge is 0.318 e. The molecule has 2 aliphatic heterocycles. The van der Waals surface area contributed by atoms with E-state index in [-0.39, 0.29) is 12.3 Å². The summed E-state index contributed by atoms with van der Waals surface area (Å²) in [5.41, 5.74) is 0.937. The fourth-order valence-corrected chi connectivity index (χ4v) is 3.53. The Labute approximate surface area is 101 Å². The lowest BCUT2D eigenvalue weighted by molar-refractivity contribution is -0.154. The van der Waals surface area contributed by atoms with Crippen molar-refractivity contribution in [2.45, 2.75) is 6.42 Å². The van der Waals surface area contributed by atoms with Gasteiger partial charge in [0.1, 0.15) is 0 Å². The second-order valence-electron chi connectivity index (χ2n) is 5.11. The van der Waals surface area contributed by atoms with E-state index in [1.807, 2.05) is 6.08 Å². The van der Waals surface area contributed by atoms with Gasteiger partial charge in [-0.15, -0.1) is 0 Å². The Hall–Kier alpha value is -1.98. The summed E-state index contributed by atoms with van der Waals surface area (Å²) in [7, 11) is 0. The molecule has 0 spiro atoms. The van der Waals surface area contributed by atoms with Gasteiger partial charge in [-0.1, -0.05) is 11.6 Å². The van der Waals surface area contributed by atoms with Crippen LogP contribution in [0.15, 0.2) is 11.6 Å². The number of hydrogen-bond donors (Lipinski definition) is 0. The van der Waals surface area contributed by atoms with E-state index in [1.54, 1.807) is 0 Å². The molecule has 1 saturated carbocycles. The number of carbonyl (C=O) groups excluding carboxylic acids is 4. The summed E-state index contributed by atoms with van der Waals surface area (Å²) in [5.74, 6) is -4.42. The van der Waals surface area contributed by atoms with Gasteiger partial charge in [-0.2, -0.15) is 0 Å². The number of cyclic esters (lactones) is 4. The molecule has 5 unspecified atom stereocenters. The van der Waals surface area contributed by atoms with Gasteiger partial charge in [-0.05, 0) is 0 Å². The Kier molecular flexibility index (Phi) is 1.60. The van der Waals surface area contributed by atoms with Crippen LogP contribution in [-0.4, -0.2) is 23.9 Å². The van der Waals surface area contributed by atoms with Gasteiger partial charge in [0.05, 0.1) is 24.2 Å². The van der Waals surface area contributed by atoms with Crippen LogP contribution >= 0.6 is 0 Å². The molecule has 3 fully saturated rings. The predicted octanol–water partition coefficient (Wildman–Crippen LogP) is -0.422. The molecule has 2 aliphatic carbocycles. The molecule has 4 aliphatic rings. The third-order valence-corrected chi connectivity index (χ3v) is 4.28. The third-order valence-electron chi connectivity index (χ3n) is 4.28. The highest BCUT2D eigenvalue weighted by molar-refractivity contribution is 6.01. The number of allylic oxidation sites excluding steroid dienone is 2. The first-order chi connectivity index (χ1) is 8.58. The molecule has 2 heterocycles. The normalized spacial score (nSPS) is 44.4. The molecule has 0 aromatic heterocycles. The average Bonchev–Trinajstić information content (AvgIpc) is 2.76. The minimum Gasteiger partial charge on any atom is -0.393 e. The van der Waals surface area contributed by atoms with Crippen molar-refractivity contribution < 1.29 is 28.7 Å². The molecule has 4 rings (SSSR count). The zero-order valence-corrected chi connectivity index (χ0v) is 9.12. The average molecular weight is 248 g/mol. The van der Waals surface area contributed by atoms with E-state index in [4.69, 9.17) is 0 Å². The Morgan fingerprint density at radius 3 is 2.28 bits per heavy atom. The van der Waals surface area contributed by atoms with Crippen molar-refractivity contribution in [2.75, 3.05) is 0 Å². The van der Waals surface area contributed by atoms with Crippen LogP contribution in [0.1, 0.15) is 6.42 Å². The fraction of sp³-hybridized carbons (Fsp3) is 0.500.